The summed E-state index contributed by atoms with van der Waals surface area (Å²) in [6.07, 6.45) is -0.0944. The molecule has 0 aromatic rings. The van der Waals surface area contributed by atoms with Crippen LogP contribution in [-0.2, 0) is 23.9 Å². The predicted molar refractivity (Wildman–Crippen MR) is 68.0 cm³/mol. The van der Waals surface area contributed by atoms with Gasteiger partial charge in [-0.2, -0.15) is 0 Å². The fraction of sp³-hybridized carbons (Fsp3) is 0.750. The summed E-state index contributed by atoms with van der Waals surface area (Å²) < 4.78 is 9.82. The van der Waals surface area contributed by atoms with Crippen LogP contribution in [0.15, 0.2) is 0 Å². The van der Waals surface area contributed by atoms with Crippen LogP contribution >= 0.6 is 0 Å². The van der Waals surface area contributed by atoms with Crippen LogP contribution in [0.25, 0.3) is 0 Å². The standard InChI is InChI=1S/C12H20N2O6/c1-12(6-13-7-12)20-5-9(15)14-8(11(17)18)3-4-10(16)19-2/h8,13H,3-7H2,1-2H3,(H,14,15)(H,17,18)/t8-/m0/s1. The number of carbonyl (C=O) groups excluding carboxylic acids is 2. The third-order valence-electron chi connectivity index (χ3n) is 3.05. The Hall–Kier alpha value is -1.67. The Bertz CT molecular complexity index is 380. The average Bonchev–Trinajstić information content (AvgIpc) is 2.38. The van der Waals surface area contributed by atoms with Crippen molar-refractivity contribution in [1.29, 1.82) is 0 Å². The summed E-state index contributed by atoms with van der Waals surface area (Å²) in [5.41, 5.74) is -0.373. The van der Waals surface area contributed by atoms with Crippen LogP contribution in [0.5, 0.6) is 0 Å². The van der Waals surface area contributed by atoms with Gasteiger partial charge in [-0.3, -0.25) is 9.59 Å². The van der Waals surface area contributed by atoms with E-state index >= 15 is 0 Å². The lowest BCUT2D eigenvalue weighted by Crippen LogP contribution is -2.60. The molecule has 1 atom stereocenters. The zero-order valence-electron chi connectivity index (χ0n) is 11.6. The number of aliphatic carboxylic acids is 1. The summed E-state index contributed by atoms with van der Waals surface area (Å²) in [5, 5.41) is 14.3. The maximum Gasteiger partial charge on any atom is 0.326 e. The number of methoxy groups -OCH3 is 1. The van der Waals surface area contributed by atoms with Crippen LogP contribution in [0, 0.1) is 0 Å². The van der Waals surface area contributed by atoms with E-state index in [1.807, 2.05) is 6.92 Å². The molecule has 8 heteroatoms. The first-order valence-corrected chi connectivity index (χ1v) is 6.30. The maximum atomic E-state index is 11.6. The van der Waals surface area contributed by atoms with Crippen LogP contribution in [0.4, 0.5) is 0 Å². The fourth-order valence-electron chi connectivity index (χ4n) is 1.68. The van der Waals surface area contributed by atoms with E-state index in [2.05, 4.69) is 15.4 Å². The molecule has 0 unspecified atom stereocenters. The number of amides is 1. The highest BCUT2D eigenvalue weighted by Crippen LogP contribution is 2.14. The molecule has 1 fully saturated rings. The first kappa shape index (κ1) is 16.4. The Labute approximate surface area is 116 Å². The molecular formula is C12H20N2O6. The number of esters is 1. The van der Waals surface area contributed by atoms with Crippen molar-refractivity contribution in [3.8, 4) is 0 Å². The molecule has 0 aromatic heterocycles. The van der Waals surface area contributed by atoms with E-state index in [9.17, 15) is 14.4 Å². The van der Waals surface area contributed by atoms with Crippen LogP contribution < -0.4 is 10.6 Å². The highest BCUT2D eigenvalue weighted by molar-refractivity contribution is 5.84. The molecule has 1 heterocycles. The number of hydrogen-bond acceptors (Lipinski definition) is 6. The molecule has 0 aromatic carbocycles. The fourth-order valence-corrected chi connectivity index (χ4v) is 1.68. The largest absolute Gasteiger partial charge is 0.480 e. The molecule has 0 radical (unpaired) electrons. The zero-order valence-corrected chi connectivity index (χ0v) is 11.6. The molecule has 1 aliphatic rings. The van der Waals surface area contributed by atoms with Crippen LogP contribution in [0.2, 0.25) is 0 Å². The van der Waals surface area contributed by atoms with E-state index in [1.54, 1.807) is 0 Å². The molecule has 114 valence electrons. The quantitative estimate of drug-likeness (QED) is 0.485. The van der Waals surface area contributed by atoms with Gasteiger partial charge in [-0.1, -0.05) is 0 Å². The zero-order chi connectivity index (χ0) is 15.2. The summed E-state index contributed by atoms with van der Waals surface area (Å²) in [5.74, 6) is -2.23. The number of ether oxygens (including phenoxy) is 2. The number of carbonyl (C=O) groups is 3. The van der Waals surface area contributed by atoms with Gasteiger partial charge in [0.15, 0.2) is 0 Å². The molecule has 8 nitrogen and oxygen atoms in total. The number of carboxylic acid groups (broad SMARTS) is 1. The van der Waals surface area contributed by atoms with E-state index in [0.29, 0.717) is 13.1 Å². The normalized spacial score (nSPS) is 17.7. The summed E-state index contributed by atoms with van der Waals surface area (Å²) in [7, 11) is 1.22. The van der Waals surface area contributed by atoms with Crippen LogP contribution in [0.3, 0.4) is 0 Å². The van der Waals surface area contributed by atoms with Crippen molar-refractivity contribution in [1.82, 2.24) is 10.6 Å². The van der Waals surface area contributed by atoms with Crippen LogP contribution in [0.1, 0.15) is 19.8 Å². The van der Waals surface area contributed by atoms with Gasteiger partial charge in [0.05, 0.1) is 12.7 Å². The lowest BCUT2D eigenvalue weighted by Gasteiger charge is -2.38. The van der Waals surface area contributed by atoms with E-state index in [0.717, 1.165) is 0 Å². The van der Waals surface area contributed by atoms with Gasteiger partial charge in [0.1, 0.15) is 12.6 Å². The Kier molecular flexibility index (Phi) is 5.90. The minimum absolute atomic E-state index is 0.0213. The minimum Gasteiger partial charge on any atom is -0.480 e. The molecule has 1 rings (SSSR count). The van der Waals surface area contributed by atoms with Gasteiger partial charge in [0, 0.05) is 19.5 Å². The van der Waals surface area contributed by atoms with Gasteiger partial charge in [0.2, 0.25) is 5.91 Å². The molecule has 0 aliphatic carbocycles. The number of nitrogens with one attached hydrogen (secondary N) is 2. The minimum atomic E-state index is -1.20. The molecule has 20 heavy (non-hydrogen) atoms. The Balaban J connectivity index is 2.34. The second-order valence-corrected chi connectivity index (χ2v) is 4.92. The SMILES string of the molecule is COC(=O)CC[C@H](NC(=O)COC1(C)CNC1)C(=O)O. The molecule has 0 saturated carbocycles. The van der Waals surface area contributed by atoms with Gasteiger partial charge >= 0.3 is 11.9 Å². The predicted octanol–water partition coefficient (Wildman–Crippen LogP) is -1.11. The van der Waals surface area contributed by atoms with Gasteiger partial charge in [0.25, 0.3) is 0 Å². The number of carboxylic acids is 1. The monoisotopic (exact) mass is 288 g/mol. The summed E-state index contributed by atoms with van der Waals surface area (Å²) in [6.45, 7) is 2.97. The van der Waals surface area contributed by atoms with Gasteiger partial charge in [-0.05, 0) is 13.3 Å². The molecule has 0 spiro atoms. The molecule has 1 amide bonds. The number of hydrogen-bond donors (Lipinski definition) is 3. The van der Waals surface area contributed by atoms with Crippen molar-refractivity contribution in [3.63, 3.8) is 0 Å². The molecule has 3 N–H and O–H groups in total. The molecule has 1 saturated heterocycles. The maximum absolute atomic E-state index is 11.6. The third kappa shape index (κ3) is 5.14. The molecular weight excluding hydrogens is 268 g/mol. The Morgan fingerprint density at radius 1 is 1.40 bits per heavy atom. The van der Waals surface area contributed by atoms with Crippen molar-refractivity contribution < 1.29 is 29.0 Å². The van der Waals surface area contributed by atoms with Crippen molar-refractivity contribution in [2.75, 3.05) is 26.8 Å². The molecule has 1 aliphatic heterocycles. The van der Waals surface area contributed by atoms with Crippen LogP contribution in [-0.4, -0.2) is 61.4 Å². The highest BCUT2D eigenvalue weighted by Gasteiger charge is 2.33. The van der Waals surface area contributed by atoms with Crippen molar-refractivity contribution in [3.05, 3.63) is 0 Å². The highest BCUT2D eigenvalue weighted by atomic mass is 16.5. The second kappa shape index (κ2) is 7.20. The summed E-state index contributed by atoms with van der Waals surface area (Å²) in [6, 6.07) is -1.13. The van der Waals surface area contributed by atoms with Crippen molar-refractivity contribution in [2.45, 2.75) is 31.4 Å². The van der Waals surface area contributed by atoms with Gasteiger partial charge < -0.3 is 25.2 Å². The summed E-state index contributed by atoms with van der Waals surface area (Å²) in [4.78, 5) is 33.6. The first-order chi connectivity index (χ1) is 9.36. The lowest BCUT2D eigenvalue weighted by molar-refractivity contribution is -0.146. The van der Waals surface area contributed by atoms with Crippen molar-refractivity contribution >= 4 is 17.8 Å². The van der Waals surface area contributed by atoms with E-state index in [1.165, 1.54) is 7.11 Å². The van der Waals surface area contributed by atoms with Gasteiger partial charge in [-0.15, -0.1) is 0 Å². The first-order valence-electron chi connectivity index (χ1n) is 6.30. The van der Waals surface area contributed by atoms with E-state index in [4.69, 9.17) is 9.84 Å². The van der Waals surface area contributed by atoms with Gasteiger partial charge in [-0.25, -0.2) is 4.79 Å². The smallest absolute Gasteiger partial charge is 0.326 e. The Morgan fingerprint density at radius 2 is 2.05 bits per heavy atom. The third-order valence-corrected chi connectivity index (χ3v) is 3.05. The average molecular weight is 288 g/mol. The summed E-state index contributed by atoms with van der Waals surface area (Å²) >= 11 is 0. The Morgan fingerprint density at radius 3 is 2.50 bits per heavy atom. The molecule has 0 bridgehead atoms. The second-order valence-electron chi connectivity index (χ2n) is 4.92. The van der Waals surface area contributed by atoms with Crippen molar-refractivity contribution in [2.24, 2.45) is 0 Å². The van der Waals surface area contributed by atoms with E-state index in [-0.39, 0.29) is 25.0 Å². The number of rotatable bonds is 8. The lowest BCUT2D eigenvalue weighted by atomic mass is 10.0. The van der Waals surface area contributed by atoms with E-state index < -0.39 is 23.9 Å². The topological polar surface area (TPSA) is 114 Å².